The molecule has 0 bridgehead atoms. The van der Waals surface area contributed by atoms with E-state index in [4.69, 9.17) is 29.6 Å². The van der Waals surface area contributed by atoms with Crippen molar-refractivity contribution in [3.63, 3.8) is 0 Å². The van der Waals surface area contributed by atoms with E-state index in [-0.39, 0.29) is 6.04 Å². The summed E-state index contributed by atoms with van der Waals surface area (Å²) >= 11 is 10.5. The van der Waals surface area contributed by atoms with Gasteiger partial charge in [-0.3, -0.25) is 0 Å². The second kappa shape index (κ2) is 5.23. The molecule has 6 heteroatoms. The van der Waals surface area contributed by atoms with Crippen molar-refractivity contribution in [1.29, 1.82) is 0 Å². The first-order valence-corrected chi connectivity index (χ1v) is 5.29. The second-order valence-corrected chi connectivity index (χ2v) is 4.26. The van der Waals surface area contributed by atoms with Gasteiger partial charge in [-0.25, -0.2) is 0 Å². The molecule has 15 heavy (non-hydrogen) atoms. The van der Waals surface area contributed by atoms with Crippen LogP contribution in [-0.4, -0.2) is 28.3 Å². The Hall–Kier alpha value is -0.940. The molecule has 0 aliphatic heterocycles. The summed E-state index contributed by atoms with van der Waals surface area (Å²) in [6.45, 7) is 2.02. The van der Waals surface area contributed by atoms with Crippen LogP contribution in [0.5, 0.6) is 0 Å². The maximum Gasteiger partial charge on any atom is 0.151 e. The molecule has 0 spiro atoms. The van der Waals surface area contributed by atoms with Gasteiger partial charge in [0.1, 0.15) is 0 Å². The van der Waals surface area contributed by atoms with Gasteiger partial charge in [-0.1, -0.05) is 23.8 Å². The summed E-state index contributed by atoms with van der Waals surface area (Å²) < 4.78 is 0. The first kappa shape index (κ1) is 12.1. The predicted octanol–water partition coefficient (Wildman–Crippen LogP) is 1.63. The largest absolute Gasteiger partial charge is 0.393 e. The lowest BCUT2D eigenvalue weighted by Crippen LogP contribution is -2.33. The molecule has 0 aromatic carbocycles. The van der Waals surface area contributed by atoms with Gasteiger partial charge in [0.2, 0.25) is 0 Å². The molecule has 1 aromatic heterocycles. The van der Waals surface area contributed by atoms with E-state index in [1.807, 2.05) is 24.9 Å². The highest BCUT2D eigenvalue weighted by atomic mass is 35.5. The van der Waals surface area contributed by atoms with Crippen LogP contribution >= 0.6 is 23.8 Å². The molecule has 1 rings (SSSR count). The van der Waals surface area contributed by atoms with Crippen molar-refractivity contribution in [3.8, 4) is 0 Å². The molecule has 0 amide bonds. The molecule has 0 saturated carbocycles. The fourth-order valence-electron chi connectivity index (χ4n) is 1.15. The summed E-state index contributed by atoms with van der Waals surface area (Å²) in [6.07, 6.45) is 0.649. The number of hydrogen-bond acceptors (Lipinski definition) is 4. The first-order chi connectivity index (χ1) is 7.00. The molecule has 82 valence electrons. The van der Waals surface area contributed by atoms with E-state index in [0.717, 1.165) is 5.82 Å². The smallest absolute Gasteiger partial charge is 0.151 e. The number of halogens is 1. The van der Waals surface area contributed by atoms with Gasteiger partial charge in [0.15, 0.2) is 11.0 Å². The molecule has 4 nitrogen and oxygen atoms in total. The van der Waals surface area contributed by atoms with Crippen LogP contribution in [0.3, 0.4) is 0 Å². The Labute approximate surface area is 99.4 Å². The Morgan fingerprint density at radius 2 is 2.27 bits per heavy atom. The minimum atomic E-state index is 0.193. The van der Waals surface area contributed by atoms with Gasteiger partial charge >= 0.3 is 0 Å². The van der Waals surface area contributed by atoms with Crippen molar-refractivity contribution in [2.24, 2.45) is 5.73 Å². The van der Waals surface area contributed by atoms with Gasteiger partial charge in [-0.05, 0) is 19.1 Å². The number of thiocarbonyl (C=S) groups is 1. The Morgan fingerprint density at radius 3 is 2.73 bits per heavy atom. The molecule has 0 aliphatic rings. The van der Waals surface area contributed by atoms with Crippen LogP contribution in [0.4, 0.5) is 5.82 Å². The van der Waals surface area contributed by atoms with Crippen LogP contribution < -0.4 is 10.6 Å². The number of nitrogens with two attached hydrogens (primary N) is 1. The Kier molecular flexibility index (Phi) is 4.23. The third-order valence-electron chi connectivity index (χ3n) is 2.14. The third-order valence-corrected chi connectivity index (χ3v) is 2.51. The van der Waals surface area contributed by atoms with Crippen LogP contribution in [0.2, 0.25) is 5.15 Å². The van der Waals surface area contributed by atoms with E-state index in [0.29, 0.717) is 16.6 Å². The van der Waals surface area contributed by atoms with Gasteiger partial charge < -0.3 is 10.6 Å². The molecule has 1 unspecified atom stereocenters. The second-order valence-electron chi connectivity index (χ2n) is 3.34. The van der Waals surface area contributed by atoms with Crippen LogP contribution in [0, 0.1) is 0 Å². The zero-order chi connectivity index (χ0) is 11.4. The summed E-state index contributed by atoms with van der Waals surface area (Å²) in [5.41, 5.74) is 5.48. The molecular weight excluding hydrogens is 232 g/mol. The van der Waals surface area contributed by atoms with E-state index in [9.17, 15) is 0 Å². The summed E-state index contributed by atoms with van der Waals surface area (Å²) in [5, 5.41) is 8.12. The lowest BCUT2D eigenvalue weighted by Gasteiger charge is -2.24. The van der Waals surface area contributed by atoms with E-state index in [1.165, 1.54) is 0 Å². The number of rotatable bonds is 4. The van der Waals surface area contributed by atoms with Crippen LogP contribution in [0.15, 0.2) is 12.1 Å². The molecule has 0 saturated heterocycles. The van der Waals surface area contributed by atoms with Crippen LogP contribution in [-0.2, 0) is 0 Å². The normalized spacial score (nSPS) is 12.2. The highest BCUT2D eigenvalue weighted by molar-refractivity contribution is 7.80. The van der Waals surface area contributed by atoms with Gasteiger partial charge in [0, 0.05) is 19.5 Å². The standard InChI is InChI=1S/C9H13ClN4S/c1-6(5-8(11)15)14(2)9-4-3-7(10)12-13-9/h3-4,6H,5H2,1-2H3,(H2,11,15). The summed E-state index contributed by atoms with van der Waals surface area (Å²) in [6, 6.07) is 3.71. The van der Waals surface area contributed by atoms with Crippen molar-refractivity contribution in [2.75, 3.05) is 11.9 Å². The number of hydrogen-bond donors (Lipinski definition) is 1. The summed E-state index contributed by atoms with van der Waals surface area (Å²) in [5.74, 6) is 0.753. The van der Waals surface area contributed by atoms with Crippen LogP contribution in [0.1, 0.15) is 13.3 Å². The van der Waals surface area contributed by atoms with Crippen LogP contribution in [0.25, 0.3) is 0 Å². The Bertz CT molecular complexity index is 340. The zero-order valence-electron chi connectivity index (χ0n) is 8.64. The average Bonchev–Trinajstić information content (AvgIpc) is 2.17. The van der Waals surface area contributed by atoms with E-state index in [1.54, 1.807) is 6.07 Å². The van der Waals surface area contributed by atoms with Gasteiger partial charge in [0.25, 0.3) is 0 Å². The Balaban J connectivity index is 2.71. The molecule has 0 aliphatic carbocycles. The fourth-order valence-corrected chi connectivity index (χ4v) is 1.49. The predicted molar refractivity (Wildman–Crippen MR) is 66.3 cm³/mol. The zero-order valence-corrected chi connectivity index (χ0v) is 10.2. The average molecular weight is 245 g/mol. The topological polar surface area (TPSA) is 55.0 Å². The molecule has 1 aromatic rings. The van der Waals surface area contributed by atoms with Gasteiger partial charge in [0.05, 0.1) is 4.99 Å². The molecular formula is C9H13ClN4S. The minimum Gasteiger partial charge on any atom is -0.393 e. The summed E-state index contributed by atoms with van der Waals surface area (Å²) in [4.78, 5) is 2.46. The quantitative estimate of drug-likeness (QED) is 0.816. The first-order valence-electron chi connectivity index (χ1n) is 4.51. The molecule has 2 N–H and O–H groups in total. The van der Waals surface area contributed by atoms with E-state index >= 15 is 0 Å². The Morgan fingerprint density at radius 1 is 1.60 bits per heavy atom. The highest BCUT2D eigenvalue weighted by Crippen LogP contribution is 2.14. The van der Waals surface area contributed by atoms with Crippen molar-refractivity contribution < 1.29 is 0 Å². The van der Waals surface area contributed by atoms with Gasteiger partial charge in [-0.15, -0.1) is 10.2 Å². The van der Waals surface area contributed by atoms with Gasteiger partial charge in [-0.2, -0.15) is 0 Å². The highest BCUT2D eigenvalue weighted by Gasteiger charge is 2.12. The molecule has 0 fully saturated rings. The number of anilines is 1. The van der Waals surface area contributed by atoms with E-state index in [2.05, 4.69) is 10.2 Å². The third kappa shape index (κ3) is 3.60. The van der Waals surface area contributed by atoms with E-state index < -0.39 is 0 Å². The molecule has 1 atom stereocenters. The monoisotopic (exact) mass is 244 g/mol. The fraction of sp³-hybridized carbons (Fsp3) is 0.444. The SMILES string of the molecule is CC(CC(N)=S)N(C)c1ccc(Cl)nn1. The van der Waals surface area contributed by atoms with Crippen molar-refractivity contribution in [1.82, 2.24) is 10.2 Å². The lowest BCUT2D eigenvalue weighted by atomic mass is 10.2. The number of aromatic nitrogens is 2. The van der Waals surface area contributed by atoms with Crippen molar-refractivity contribution in [2.45, 2.75) is 19.4 Å². The molecule has 1 heterocycles. The minimum absolute atomic E-state index is 0.193. The maximum absolute atomic E-state index is 5.65. The lowest BCUT2D eigenvalue weighted by molar-refractivity contribution is 0.698. The van der Waals surface area contributed by atoms with Crippen molar-refractivity contribution in [3.05, 3.63) is 17.3 Å². The number of nitrogens with zero attached hydrogens (tertiary/aromatic N) is 3. The maximum atomic E-state index is 5.65. The summed E-state index contributed by atoms with van der Waals surface area (Å²) in [7, 11) is 1.92. The van der Waals surface area contributed by atoms with Crippen molar-refractivity contribution >= 4 is 34.6 Å². The molecule has 0 radical (unpaired) electrons.